The Morgan fingerprint density at radius 2 is 1.47 bits per heavy atom. The SMILES string of the molecule is c1ccc(CCc2nc3ccccc3n2CCOc2ccc3ccccc3c2)cc1. The molecule has 4 aromatic carbocycles. The van der Waals surface area contributed by atoms with Crippen LogP contribution in [0.4, 0.5) is 0 Å². The van der Waals surface area contributed by atoms with Gasteiger partial charge in [0.15, 0.2) is 0 Å². The molecule has 0 amide bonds. The molecule has 0 saturated heterocycles. The zero-order valence-electron chi connectivity index (χ0n) is 16.9. The van der Waals surface area contributed by atoms with Crippen molar-refractivity contribution in [3.8, 4) is 5.75 Å². The van der Waals surface area contributed by atoms with Crippen LogP contribution in [0.3, 0.4) is 0 Å². The minimum Gasteiger partial charge on any atom is -0.492 e. The highest BCUT2D eigenvalue weighted by Crippen LogP contribution is 2.21. The number of fused-ring (bicyclic) bond motifs is 2. The van der Waals surface area contributed by atoms with Gasteiger partial charge in [-0.1, -0.05) is 72.8 Å². The molecule has 0 bridgehead atoms. The molecule has 3 nitrogen and oxygen atoms in total. The van der Waals surface area contributed by atoms with E-state index in [9.17, 15) is 0 Å². The van der Waals surface area contributed by atoms with Crippen LogP contribution in [0.2, 0.25) is 0 Å². The first-order valence-electron chi connectivity index (χ1n) is 10.5. The summed E-state index contributed by atoms with van der Waals surface area (Å²) in [5.41, 5.74) is 3.55. The zero-order valence-corrected chi connectivity index (χ0v) is 16.9. The highest BCUT2D eigenvalue weighted by atomic mass is 16.5. The maximum Gasteiger partial charge on any atom is 0.120 e. The Kier molecular flexibility index (Phi) is 5.17. The van der Waals surface area contributed by atoms with Gasteiger partial charge in [0.2, 0.25) is 0 Å². The van der Waals surface area contributed by atoms with Crippen LogP contribution in [0.5, 0.6) is 5.75 Å². The minimum absolute atomic E-state index is 0.608. The summed E-state index contributed by atoms with van der Waals surface area (Å²) >= 11 is 0. The molecule has 0 saturated carbocycles. The van der Waals surface area contributed by atoms with Crippen molar-refractivity contribution in [1.82, 2.24) is 9.55 Å². The molecular formula is C27H24N2O. The van der Waals surface area contributed by atoms with Crippen LogP contribution in [0.1, 0.15) is 11.4 Å². The van der Waals surface area contributed by atoms with Gasteiger partial charge in [-0.3, -0.25) is 0 Å². The molecule has 0 aliphatic rings. The molecule has 0 aliphatic carbocycles. The quantitative estimate of drug-likeness (QED) is 0.337. The normalized spacial score (nSPS) is 11.2. The molecule has 0 atom stereocenters. The lowest BCUT2D eigenvalue weighted by Crippen LogP contribution is -2.12. The average molecular weight is 393 g/mol. The van der Waals surface area contributed by atoms with Crippen molar-refractivity contribution in [2.45, 2.75) is 19.4 Å². The van der Waals surface area contributed by atoms with E-state index in [1.165, 1.54) is 21.9 Å². The second kappa shape index (κ2) is 8.42. The lowest BCUT2D eigenvalue weighted by molar-refractivity contribution is 0.298. The molecule has 0 radical (unpaired) electrons. The Bertz CT molecular complexity index is 1270. The van der Waals surface area contributed by atoms with Crippen LogP contribution in [-0.2, 0) is 19.4 Å². The number of ether oxygens (including phenoxy) is 1. The van der Waals surface area contributed by atoms with Crippen LogP contribution in [0, 0.1) is 0 Å². The van der Waals surface area contributed by atoms with Crippen molar-refractivity contribution in [2.75, 3.05) is 6.61 Å². The summed E-state index contributed by atoms with van der Waals surface area (Å²) in [6.07, 6.45) is 1.89. The van der Waals surface area contributed by atoms with E-state index in [-0.39, 0.29) is 0 Å². The molecule has 5 aromatic rings. The van der Waals surface area contributed by atoms with Gasteiger partial charge in [-0.2, -0.15) is 0 Å². The first kappa shape index (κ1) is 18.4. The Balaban J connectivity index is 1.33. The van der Waals surface area contributed by atoms with Crippen LogP contribution in [0.25, 0.3) is 21.8 Å². The molecule has 0 N–H and O–H groups in total. The highest BCUT2D eigenvalue weighted by Gasteiger charge is 2.11. The molecule has 30 heavy (non-hydrogen) atoms. The molecule has 0 aliphatic heterocycles. The number of hydrogen-bond donors (Lipinski definition) is 0. The molecular weight excluding hydrogens is 368 g/mol. The molecule has 0 spiro atoms. The lowest BCUT2D eigenvalue weighted by Gasteiger charge is -2.11. The van der Waals surface area contributed by atoms with Crippen molar-refractivity contribution < 1.29 is 4.74 Å². The number of para-hydroxylation sites is 2. The highest BCUT2D eigenvalue weighted by molar-refractivity contribution is 5.83. The Labute approximate surface area is 176 Å². The zero-order chi connectivity index (χ0) is 20.2. The lowest BCUT2D eigenvalue weighted by atomic mass is 10.1. The number of imidazole rings is 1. The van der Waals surface area contributed by atoms with Crippen molar-refractivity contribution in [1.29, 1.82) is 0 Å². The molecule has 0 fully saturated rings. The van der Waals surface area contributed by atoms with E-state index < -0.39 is 0 Å². The maximum absolute atomic E-state index is 6.11. The van der Waals surface area contributed by atoms with Crippen molar-refractivity contribution in [3.63, 3.8) is 0 Å². The third-order valence-corrected chi connectivity index (χ3v) is 5.52. The fraction of sp³-hybridized carbons (Fsp3) is 0.148. The van der Waals surface area contributed by atoms with E-state index in [4.69, 9.17) is 9.72 Å². The first-order valence-corrected chi connectivity index (χ1v) is 10.5. The van der Waals surface area contributed by atoms with Gasteiger partial charge in [-0.15, -0.1) is 0 Å². The van der Waals surface area contributed by atoms with Gasteiger partial charge < -0.3 is 9.30 Å². The van der Waals surface area contributed by atoms with Crippen LogP contribution in [0.15, 0.2) is 97.1 Å². The van der Waals surface area contributed by atoms with Crippen molar-refractivity contribution in [2.24, 2.45) is 0 Å². The largest absolute Gasteiger partial charge is 0.492 e. The topological polar surface area (TPSA) is 27.1 Å². The standard InChI is InChI=1S/C27H24N2O/c1-2-8-21(9-3-1)14-17-27-28-25-12-6-7-13-26(25)29(27)18-19-30-24-16-15-22-10-4-5-11-23(22)20-24/h1-13,15-16,20H,14,17-19H2. The third kappa shape index (κ3) is 3.92. The summed E-state index contributed by atoms with van der Waals surface area (Å²) in [5.74, 6) is 2.02. The number of aromatic nitrogens is 2. The van der Waals surface area contributed by atoms with E-state index in [1.54, 1.807) is 0 Å². The van der Waals surface area contributed by atoms with Crippen LogP contribution >= 0.6 is 0 Å². The summed E-state index contributed by atoms with van der Waals surface area (Å²) in [6.45, 7) is 1.38. The minimum atomic E-state index is 0.608. The van der Waals surface area contributed by atoms with E-state index in [0.29, 0.717) is 6.61 Å². The van der Waals surface area contributed by atoms with Gasteiger partial charge in [-0.05, 0) is 47.0 Å². The molecule has 148 valence electrons. The summed E-state index contributed by atoms with van der Waals surface area (Å²) in [7, 11) is 0. The van der Waals surface area contributed by atoms with Gasteiger partial charge in [0.25, 0.3) is 0 Å². The second-order valence-corrected chi connectivity index (χ2v) is 7.51. The first-order chi connectivity index (χ1) is 14.9. The molecule has 1 aromatic heterocycles. The molecule has 0 unspecified atom stereocenters. The van der Waals surface area contributed by atoms with Gasteiger partial charge in [0, 0.05) is 6.42 Å². The van der Waals surface area contributed by atoms with E-state index in [0.717, 1.165) is 36.5 Å². The number of nitrogens with zero attached hydrogens (tertiary/aromatic N) is 2. The summed E-state index contributed by atoms with van der Waals surface area (Å²) in [5, 5.41) is 2.43. The van der Waals surface area contributed by atoms with Gasteiger partial charge in [0.05, 0.1) is 17.6 Å². The molecule has 5 rings (SSSR count). The second-order valence-electron chi connectivity index (χ2n) is 7.51. The Morgan fingerprint density at radius 3 is 2.37 bits per heavy atom. The van der Waals surface area contributed by atoms with Crippen molar-refractivity contribution >= 4 is 21.8 Å². The smallest absolute Gasteiger partial charge is 0.120 e. The predicted octanol–water partition coefficient (Wildman–Crippen LogP) is 6.05. The van der Waals surface area contributed by atoms with E-state index in [1.807, 2.05) is 12.1 Å². The van der Waals surface area contributed by atoms with Gasteiger partial charge in [0.1, 0.15) is 18.2 Å². The van der Waals surface area contributed by atoms with Gasteiger partial charge in [-0.25, -0.2) is 4.98 Å². The Hall–Kier alpha value is -3.59. The van der Waals surface area contributed by atoms with Gasteiger partial charge >= 0.3 is 0 Å². The Morgan fingerprint density at radius 1 is 0.700 bits per heavy atom. The average Bonchev–Trinajstić information content (AvgIpc) is 3.16. The van der Waals surface area contributed by atoms with Crippen LogP contribution in [-0.4, -0.2) is 16.2 Å². The number of hydrogen-bond acceptors (Lipinski definition) is 2. The fourth-order valence-electron chi connectivity index (χ4n) is 3.98. The monoisotopic (exact) mass is 392 g/mol. The van der Waals surface area contributed by atoms with Crippen molar-refractivity contribution in [3.05, 3.63) is 108 Å². The van der Waals surface area contributed by atoms with E-state index in [2.05, 4.69) is 89.5 Å². The number of aryl methyl sites for hydroxylation is 2. The summed E-state index contributed by atoms with van der Waals surface area (Å²) in [6, 6.07) is 33.6. The van der Waals surface area contributed by atoms with E-state index >= 15 is 0 Å². The predicted molar refractivity (Wildman–Crippen MR) is 123 cm³/mol. The number of rotatable bonds is 7. The van der Waals surface area contributed by atoms with Crippen LogP contribution < -0.4 is 4.74 Å². The number of benzene rings is 4. The summed E-state index contributed by atoms with van der Waals surface area (Å²) < 4.78 is 8.41. The molecule has 3 heteroatoms. The fourth-order valence-corrected chi connectivity index (χ4v) is 3.98. The molecule has 1 heterocycles. The maximum atomic E-state index is 6.11. The third-order valence-electron chi connectivity index (χ3n) is 5.52. The summed E-state index contributed by atoms with van der Waals surface area (Å²) in [4.78, 5) is 4.90.